The van der Waals surface area contributed by atoms with Gasteiger partial charge in [-0.25, -0.2) is 0 Å². The summed E-state index contributed by atoms with van der Waals surface area (Å²) in [6, 6.07) is 41.9. The van der Waals surface area contributed by atoms with Crippen LogP contribution in [0.3, 0.4) is 0 Å². The number of carbonyl (C=O) groups is 1. The predicted octanol–water partition coefficient (Wildman–Crippen LogP) is 4.08. The number of carboxylic acid groups (broad SMARTS) is 1. The molecule has 2 nitrogen and oxygen atoms in total. The zero-order valence-corrected chi connectivity index (χ0v) is 23.1. The fourth-order valence-electron chi connectivity index (χ4n) is 4.99. The van der Waals surface area contributed by atoms with Crippen LogP contribution in [0.15, 0.2) is 115 Å². The molecule has 4 heteroatoms. The number of unbranched alkanes of at least 4 members (excludes halogenated alkanes) is 4. The van der Waals surface area contributed by atoms with E-state index in [2.05, 4.69) is 115 Å². The van der Waals surface area contributed by atoms with Gasteiger partial charge in [-0.05, 0) is 55.2 Å². The van der Waals surface area contributed by atoms with Gasteiger partial charge in [0.15, 0.2) is 0 Å². The number of halogens is 1. The number of benzene rings is 4. The van der Waals surface area contributed by atoms with Gasteiger partial charge in [-0.2, -0.15) is 0 Å². The van der Waals surface area contributed by atoms with Crippen LogP contribution >= 0.6 is 7.26 Å². The van der Waals surface area contributed by atoms with Crippen molar-refractivity contribution in [1.29, 1.82) is 0 Å². The minimum absolute atomic E-state index is 0. The highest BCUT2D eigenvalue weighted by molar-refractivity contribution is 7.95. The quantitative estimate of drug-likeness (QED) is 0.209. The lowest BCUT2D eigenvalue weighted by Gasteiger charge is -2.29. The minimum atomic E-state index is -1.92. The Labute approximate surface area is 226 Å². The molecule has 0 aromatic heterocycles. The van der Waals surface area contributed by atoms with Gasteiger partial charge in [0.25, 0.3) is 0 Å². The largest absolute Gasteiger partial charge is 1.00 e. The third kappa shape index (κ3) is 6.72. The standard InChI is InChI=1S/C32H33O2P.BrH/c33-32(34)25-13-2-1-3-16-26-35(28-19-9-5-10-20-28,29-21-11-6-12-22-29)31-24-15-14-23-30(31)27-17-7-4-8-18-27;/h4-12,14-15,17-24H,1-3,13,16,25-26H2;1H. The van der Waals surface area contributed by atoms with Crippen LogP contribution in [-0.2, 0) is 4.79 Å². The van der Waals surface area contributed by atoms with E-state index >= 15 is 0 Å². The molecule has 4 rings (SSSR count). The average molecular weight is 562 g/mol. The number of carboxylic acids is 1. The molecule has 0 fully saturated rings. The molecule has 0 aliphatic heterocycles. The molecule has 186 valence electrons. The second kappa shape index (κ2) is 14.1. The van der Waals surface area contributed by atoms with Gasteiger partial charge in [0, 0.05) is 12.0 Å². The molecule has 4 aromatic carbocycles. The van der Waals surface area contributed by atoms with Crippen LogP contribution in [-0.4, -0.2) is 17.2 Å². The van der Waals surface area contributed by atoms with Crippen LogP contribution in [0.5, 0.6) is 0 Å². The highest BCUT2D eigenvalue weighted by Gasteiger charge is 2.46. The van der Waals surface area contributed by atoms with Crippen LogP contribution < -0.4 is 32.9 Å². The summed E-state index contributed by atoms with van der Waals surface area (Å²) in [5.74, 6) is -0.694. The van der Waals surface area contributed by atoms with Crippen molar-refractivity contribution in [1.82, 2.24) is 0 Å². The van der Waals surface area contributed by atoms with Crippen molar-refractivity contribution < 1.29 is 26.9 Å². The Morgan fingerprint density at radius 2 is 1.06 bits per heavy atom. The molecule has 36 heavy (non-hydrogen) atoms. The molecule has 0 aliphatic rings. The van der Waals surface area contributed by atoms with Gasteiger partial charge >= 0.3 is 5.97 Å². The molecule has 0 amide bonds. The third-order valence-electron chi connectivity index (χ3n) is 6.68. The van der Waals surface area contributed by atoms with Crippen molar-refractivity contribution in [3.8, 4) is 11.1 Å². The van der Waals surface area contributed by atoms with E-state index in [1.165, 1.54) is 27.0 Å². The summed E-state index contributed by atoms with van der Waals surface area (Å²) in [5, 5.41) is 13.2. The third-order valence-corrected chi connectivity index (χ3v) is 11.2. The molecule has 0 spiro atoms. The zero-order chi connectivity index (χ0) is 24.3. The summed E-state index contributed by atoms with van der Waals surface area (Å²) in [7, 11) is -1.92. The first-order valence-corrected chi connectivity index (χ1v) is 14.6. The first kappa shape index (κ1) is 27.8. The van der Waals surface area contributed by atoms with Crippen molar-refractivity contribution in [2.24, 2.45) is 0 Å². The highest BCUT2D eigenvalue weighted by atomic mass is 79.9. The Balaban J connectivity index is 0.00000361. The lowest BCUT2D eigenvalue weighted by atomic mass is 10.1. The van der Waals surface area contributed by atoms with E-state index in [1.807, 2.05) is 0 Å². The number of hydrogen-bond donors (Lipinski definition) is 1. The normalized spacial score (nSPS) is 11.0. The molecule has 0 radical (unpaired) electrons. The van der Waals surface area contributed by atoms with E-state index in [0.29, 0.717) is 0 Å². The zero-order valence-electron chi connectivity index (χ0n) is 20.6. The summed E-state index contributed by atoms with van der Waals surface area (Å²) in [6.45, 7) is 0. The molecule has 0 saturated heterocycles. The summed E-state index contributed by atoms with van der Waals surface area (Å²) >= 11 is 0. The van der Waals surface area contributed by atoms with Crippen LogP contribution in [0.4, 0.5) is 0 Å². The Morgan fingerprint density at radius 1 is 0.583 bits per heavy atom. The van der Waals surface area contributed by atoms with Gasteiger partial charge in [-0.3, -0.25) is 4.79 Å². The number of hydrogen-bond acceptors (Lipinski definition) is 1. The van der Waals surface area contributed by atoms with Crippen LogP contribution in [0.2, 0.25) is 0 Å². The maximum Gasteiger partial charge on any atom is 0.303 e. The van der Waals surface area contributed by atoms with Gasteiger partial charge in [-0.1, -0.05) is 97.8 Å². The number of aliphatic carboxylic acids is 1. The Bertz CT molecular complexity index is 1160. The topological polar surface area (TPSA) is 37.3 Å². The molecular formula is C32H34BrO2P. The van der Waals surface area contributed by atoms with Gasteiger partial charge in [-0.15, -0.1) is 0 Å². The maximum atomic E-state index is 10.8. The second-order valence-corrected chi connectivity index (χ2v) is 12.6. The summed E-state index contributed by atoms with van der Waals surface area (Å²) in [6.07, 6.45) is 6.44. The van der Waals surface area contributed by atoms with Gasteiger partial charge in [0.2, 0.25) is 0 Å². The lowest BCUT2D eigenvalue weighted by Crippen LogP contribution is -3.00. The van der Waals surface area contributed by atoms with Gasteiger partial charge in [0.1, 0.15) is 23.2 Å². The SMILES string of the molecule is O=C(O)CCCCCCC[P+](c1ccccc1)(c1ccccc1)c1ccccc1-c1ccccc1.[Br-]. The second-order valence-electron chi connectivity index (χ2n) is 9.00. The molecule has 0 unspecified atom stereocenters. The Hall–Kier alpha value is -2.74. The summed E-state index contributed by atoms with van der Waals surface area (Å²) in [5.41, 5.74) is 2.57. The van der Waals surface area contributed by atoms with Crippen LogP contribution in [0, 0.1) is 0 Å². The van der Waals surface area contributed by atoms with E-state index in [1.54, 1.807) is 0 Å². The maximum absolute atomic E-state index is 10.8. The molecule has 1 N–H and O–H groups in total. The van der Waals surface area contributed by atoms with E-state index in [0.717, 1.165) is 38.3 Å². The molecule has 0 bridgehead atoms. The molecular weight excluding hydrogens is 527 g/mol. The molecule has 4 aromatic rings. The van der Waals surface area contributed by atoms with Crippen molar-refractivity contribution in [2.45, 2.75) is 38.5 Å². The Kier molecular flexibility index (Phi) is 10.9. The summed E-state index contributed by atoms with van der Waals surface area (Å²) < 4.78 is 0. The predicted molar refractivity (Wildman–Crippen MR) is 151 cm³/mol. The van der Waals surface area contributed by atoms with Crippen molar-refractivity contribution >= 4 is 29.1 Å². The molecule has 0 heterocycles. The van der Waals surface area contributed by atoms with Crippen molar-refractivity contribution in [3.63, 3.8) is 0 Å². The monoisotopic (exact) mass is 560 g/mol. The minimum Gasteiger partial charge on any atom is -1.00 e. The Morgan fingerprint density at radius 3 is 1.64 bits per heavy atom. The average Bonchev–Trinajstić information content (AvgIpc) is 2.92. The summed E-state index contributed by atoms with van der Waals surface area (Å²) in [4.78, 5) is 10.8. The fourth-order valence-corrected chi connectivity index (χ4v) is 9.62. The van der Waals surface area contributed by atoms with Crippen LogP contribution in [0.1, 0.15) is 38.5 Å². The van der Waals surface area contributed by atoms with E-state index in [4.69, 9.17) is 5.11 Å². The smallest absolute Gasteiger partial charge is 0.303 e. The number of rotatable bonds is 12. The van der Waals surface area contributed by atoms with Crippen molar-refractivity contribution in [3.05, 3.63) is 115 Å². The van der Waals surface area contributed by atoms with E-state index < -0.39 is 13.2 Å². The van der Waals surface area contributed by atoms with Gasteiger partial charge < -0.3 is 22.1 Å². The first-order valence-electron chi connectivity index (χ1n) is 12.6. The first-order chi connectivity index (χ1) is 17.2. The van der Waals surface area contributed by atoms with E-state index in [-0.39, 0.29) is 23.4 Å². The van der Waals surface area contributed by atoms with Crippen LogP contribution in [0.25, 0.3) is 11.1 Å². The van der Waals surface area contributed by atoms with Crippen molar-refractivity contribution in [2.75, 3.05) is 6.16 Å². The molecule has 0 aliphatic carbocycles. The van der Waals surface area contributed by atoms with E-state index in [9.17, 15) is 4.79 Å². The van der Waals surface area contributed by atoms with Gasteiger partial charge in [0.05, 0.1) is 6.16 Å². The highest BCUT2D eigenvalue weighted by Crippen LogP contribution is 2.57. The lowest BCUT2D eigenvalue weighted by molar-refractivity contribution is -0.137. The fraction of sp³-hybridized carbons (Fsp3) is 0.219. The molecule has 0 atom stereocenters. The molecule has 0 saturated carbocycles.